The van der Waals surface area contributed by atoms with Crippen molar-refractivity contribution in [3.8, 4) is 0 Å². The number of anilines is 1. The van der Waals surface area contributed by atoms with Crippen LogP contribution in [0.25, 0.3) is 0 Å². The number of nitrogens with zero attached hydrogens (tertiary/aromatic N) is 1. The van der Waals surface area contributed by atoms with Gasteiger partial charge >= 0.3 is 0 Å². The Hall–Kier alpha value is -1.09. The molecule has 0 amide bonds. The van der Waals surface area contributed by atoms with Gasteiger partial charge in [-0.15, -0.1) is 0 Å². The van der Waals surface area contributed by atoms with Crippen LogP contribution in [-0.2, 0) is 6.61 Å². The molecule has 1 aromatic heterocycles. The lowest BCUT2D eigenvalue weighted by Crippen LogP contribution is -1.95. The quantitative estimate of drug-likeness (QED) is 0.592. The Morgan fingerprint density at radius 1 is 1.70 bits per heavy atom. The molecule has 1 heterocycles. The zero-order valence-electron chi connectivity index (χ0n) is 5.83. The lowest BCUT2D eigenvalue weighted by Gasteiger charge is -1.99. The summed E-state index contributed by atoms with van der Waals surface area (Å²) in [6, 6.07) is 1.72. The molecule has 0 spiro atoms. The molecule has 0 saturated heterocycles. The van der Waals surface area contributed by atoms with Crippen LogP contribution in [0.3, 0.4) is 0 Å². The van der Waals surface area contributed by atoms with E-state index in [-0.39, 0.29) is 6.61 Å². The normalized spacial score (nSPS) is 9.80. The second-order valence-electron chi connectivity index (χ2n) is 2.18. The van der Waals surface area contributed by atoms with Crippen LogP contribution in [0, 0.1) is 6.92 Å². The third kappa shape index (κ3) is 1.25. The summed E-state index contributed by atoms with van der Waals surface area (Å²) < 4.78 is 0. The molecular weight excluding hydrogens is 128 g/mol. The minimum atomic E-state index is -0.00250. The first-order valence-corrected chi connectivity index (χ1v) is 3.06. The van der Waals surface area contributed by atoms with Crippen molar-refractivity contribution < 1.29 is 5.11 Å². The zero-order valence-corrected chi connectivity index (χ0v) is 5.83. The maximum atomic E-state index is 8.66. The van der Waals surface area contributed by atoms with E-state index in [2.05, 4.69) is 4.98 Å². The average Bonchev–Trinajstić information content (AvgIpc) is 1.95. The van der Waals surface area contributed by atoms with E-state index in [4.69, 9.17) is 10.8 Å². The molecule has 0 aliphatic rings. The van der Waals surface area contributed by atoms with Gasteiger partial charge in [0, 0.05) is 6.20 Å². The summed E-state index contributed by atoms with van der Waals surface area (Å²) >= 11 is 0. The van der Waals surface area contributed by atoms with Crippen molar-refractivity contribution in [2.45, 2.75) is 13.5 Å². The van der Waals surface area contributed by atoms with Gasteiger partial charge in [-0.3, -0.25) is 4.98 Å². The molecule has 1 aromatic rings. The van der Waals surface area contributed by atoms with E-state index in [9.17, 15) is 0 Å². The molecule has 0 fully saturated rings. The number of aromatic nitrogens is 1. The molecule has 3 heteroatoms. The van der Waals surface area contributed by atoms with Crippen LogP contribution in [0.5, 0.6) is 0 Å². The molecule has 0 atom stereocenters. The first-order chi connectivity index (χ1) is 4.74. The number of aryl methyl sites for hydroxylation is 1. The van der Waals surface area contributed by atoms with Crippen LogP contribution in [-0.4, -0.2) is 10.1 Å². The molecule has 0 aromatic carbocycles. The second kappa shape index (κ2) is 2.66. The fourth-order valence-electron chi connectivity index (χ4n) is 0.682. The minimum absolute atomic E-state index is 0.00250. The Balaban J connectivity index is 3.04. The van der Waals surface area contributed by atoms with Gasteiger partial charge in [0.25, 0.3) is 0 Å². The molecule has 0 bridgehead atoms. The molecular formula is C7H10N2O. The molecule has 3 N–H and O–H groups in total. The van der Waals surface area contributed by atoms with Crippen molar-refractivity contribution >= 4 is 5.69 Å². The van der Waals surface area contributed by atoms with Gasteiger partial charge < -0.3 is 10.8 Å². The second-order valence-corrected chi connectivity index (χ2v) is 2.18. The Kier molecular flexibility index (Phi) is 1.87. The Morgan fingerprint density at radius 3 is 2.90 bits per heavy atom. The third-order valence-corrected chi connectivity index (χ3v) is 1.37. The van der Waals surface area contributed by atoms with Gasteiger partial charge in [-0.25, -0.2) is 0 Å². The van der Waals surface area contributed by atoms with Crippen molar-refractivity contribution in [3.05, 3.63) is 23.5 Å². The summed E-state index contributed by atoms with van der Waals surface area (Å²) in [7, 11) is 0. The molecule has 54 valence electrons. The van der Waals surface area contributed by atoms with Gasteiger partial charge in [0.1, 0.15) is 0 Å². The molecule has 0 unspecified atom stereocenters. The number of pyridine rings is 1. The highest BCUT2D eigenvalue weighted by molar-refractivity contribution is 5.43. The molecule has 0 aliphatic heterocycles. The van der Waals surface area contributed by atoms with E-state index >= 15 is 0 Å². The molecule has 3 nitrogen and oxygen atoms in total. The standard InChI is InChI=1S/C7H10N2O/c1-5-7(8)2-6(4-10)3-9-5/h2-3,10H,4,8H2,1H3. The van der Waals surface area contributed by atoms with E-state index < -0.39 is 0 Å². The number of aliphatic hydroxyl groups is 1. The first-order valence-electron chi connectivity index (χ1n) is 3.06. The number of hydrogen-bond acceptors (Lipinski definition) is 3. The van der Waals surface area contributed by atoms with Gasteiger partial charge in [0.2, 0.25) is 0 Å². The molecule has 0 radical (unpaired) electrons. The fourth-order valence-corrected chi connectivity index (χ4v) is 0.682. The average molecular weight is 138 g/mol. The molecule has 0 aliphatic carbocycles. The summed E-state index contributed by atoms with van der Waals surface area (Å²) in [6.07, 6.45) is 1.62. The van der Waals surface area contributed by atoms with Crippen molar-refractivity contribution in [3.63, 3.8) is 0 Å². The molecule has 1 rings (SSSR count). The highest BCUT2D eigenvalue weighted by Crippen LogP contribution is 2.08. The van der Waals surface area contributed by atoms with Gasteiger partial charge in [0.05, 0.1) is 18.0 Å². The number of aliphatic hydroxyl groups excluding tert-OH is 1. The summed E-state index contributed by atoms with van der Waals surface area (Å²) in [4.78, 5) is 3.96. The maximum absolute atomic E-state index is 8.66. The van der Waals surface area contributed by atoms with Crippen LogP contribution < -0.4 is 5.73 Å². The lowest BCUT2D eigenvalue weighted by molar-refractivity contribution is 0.281. The van der Waals surface area contributed by atoms with E-state index in [1.165, 1.54) is 0 Å². The van der Waals surface area contributed by atoms with Gasteiger partial charge in [-0.1, -0.05) is 0 Å². The number of nitrogen functional groups attached to an aromatic ring is 1. The Bertz CT molecular complexity index is 235. The summed E-state index contributed by atoms with van der Waals surface area (Å²) in [5.41, 5.74) is 7.71. The van der Waals surface area contributed by atoms with Crippen LogP contribution in [0.4, 0.5) is 5.69 Å². The van der Waals surface area contributed by atoms with E-state index in [1.807, 2.05) is 6.92 Å². The van der Waals surface area contributed by atoms with Crippen LogP contribution in [0.2, 0.25) is 0 Å². The highest BCUT2D eigenvalue weighted by Gasteiger charge is 1.94. The summed E-state index contributed by atoms with van der Waals surface area (Å²) in [6.45, 7) is 1.83. The van der Waals surface area contributed by atoms with E-state index in [0.29, 0.717) is 5.69 Å². The SMILES string of the molecule is Cc1ncc(CO)cc1N. The fraction of sp³-hybridized carbons (Fsp3) is 0.286. The van der Waals surface area contributed by atoms with E-state index in [0.717, 1.165) is 11.3 Å². The zero-order chi connectivity index (χ0) is 7.56. The van der Waals surface area contributed by atoms with Gasteiger partial charge in [-0.2, -0.15) is 0 Å². The van der Waals surface area contributed by atoms with Crippen LogP contribution >= 0.6 is 0 Å². The van der Waals surface area contributed by atoms with Crippen LogP contribution in [0.15, 0.2) is 12.3 Å². The summed E-state index contributed by atoms with van der Waals surface area (Å²) in [5, 5.41) is 8.66. The third-order valence-electron chi connectivity index (χ3n) is 1.37. The maximum Gasteiger partial charge on any atom is 0.0697 e. The molecule has 0 saturated carbocycles. The number of rotatable bonds is 1. The molecule has 10 heavy (non-hydrogen) atoms. The monoisotopic (exact) mass is 138 g/mol. The lowest BCUT2D eigenvalue weighted by atomic mass is 10.2. The van der Waals surface area contributed by atoms with Crippen molar-refractivity contribution in [2.75, 3.05) is 5.73 Å². The summed E-state index contributed by atoms with van der Waals surface area (Å²) in [5.74, 6) is 0. The van der Waals surface area contributed by atoms with Crippen molar-refractivity contribution in [1.29, 1.82) is 0 Å². The van der Waals surface area contributed by atoms with Crippen molar-refractivity contribution in [2.24, 2.45) is 0 Å². The van der Waals surface area contributed by atoms with Crippen molar-refractivity contribution in [1.82, 2.24) is 4.98 Å². The Morgan fingerprint density at radius 2 is 2.40 bits per heavy atom. The van der Waals surface area contributed by atoms with Crippen LogP contribution in [0.1, 0.15) is 11.3 Å². The smallest absolute Gasteiger partial charge is 0.0697 e. The number of nitrogens with two attached hydrogens (primary N) is 1. The number of hydrogen-bond donors (Lipinski definition) is 2. The minimum Gasteiger partial charge on any atom is -0.397 e. The topological polar surface area (TPSA) is 59.1 Å². The van der Waals surface area contributed by atoms with Gasteiger partial charge in [-0.05, 0) is 18.6 Å². The van der Waals surface area contributed by atoms with E-state index in [1.54, 1.807) is 12.3 Å². The first kappa shape index (κ1) is 7.02. The highest BCUT2D eigenvalue weighted by atomic mass is 16.3. The van der Waals surface area contributed by atoms with Gasteiger partial charge in [0.15, 0.2) is 0 Å². The Labute approximate surface area is 59.5 Å². The largest absolute Gasteiger partial charge is 0.397 e. The predicted octanol–water partition coefficient (Wildman–Crippen LogP) is 0.465. The predicted molar refractivity (Wildman–Crippen MR) is 39.3 cm³/mol.